The summed E-state index contributed by atoms with van der Waals surface area (Å²) < 4.78 is 0. The molecule has 1 saturated carbocycles. The first-order valence-corrected chi connectivity index (χ1v) is 5.99. The molecule has 1 aliphatic carbocycles. The van der Waals surface area contributed by atoms with Gasteiger partial charge in [-0.1, -0.05) is 18.9 Å². The van der Waals surface area contributed by atoms with Crippen LogP contribution in [-0.2, 0) is 6.54 Å². The molecule has 1 aromatic rings. The monoisotopic (exact) mass is 204 g/mol. The second-order valence-corrected chi connectivity index (χ2v) is 4.54. The summed E-state index contributed by atoms with van der Waals surface area (Å²) in [4.78, 5) is 4.31. The molecule has 1 aliphatic rings. The maximum absolute atomic E-state index is 4.31. The minimum Gasteiger partial charge on any atom is -0.308 e. The Morgan fingerprint density at radius 1 is 1.40 bits per heavy atom. The number of aromatic nitrogens is 1. The average Bonchev–Trinajstić information content (AvgIpc) is 2.81. The van der Waals surface area contributed by atoms with E-state index in [0.717, 1.165) is 18.2 Å². The van der Waals surface area contributed by atoms with Gasteiger partial charge in [-0.25, -0.2) is 0 Å². The molecule has 0 amide bonds. The molecule has 0 radical (unpaired) electrons. The van der Waals surface area contributed by atoms with Gasteiger partial charge in [0, 0.05) is 18.8 Å². The van der Waals surface area contributed by atoms with E-state index in [0.29, 0.717) is 6.04 Å². The summed E-state index contributed by atoms with van der Waals surface area (Å²) >= 11 is 0. The van der Waals surface area contributed by atoms with Gasteiger partial charge in [0.25, 0.3) is 0 Å². The van der Waals surface area contributed by atoms with Crippen molar-refractivity contribution in [3.63, 3.8) is 0 Å². The van der Waals surface area contributed by atoms with E-state index < -0.39 is 0 Å². The van der Waals surface area contributed by atoms with Crippen molar-refractivity contribution in [3.05, 3.63) is 30.1 Å². The van der Waals surface area contributed by atoms with Crippen molar-refractivity contribution in [3.8, 4) is 0 Å². The first-order chi connectivity index (χ1) is 7.36. The Kier molecular flexibility index (Phi) is 3.73. The van der Waals surface area contributed by atoms with Crippen LogP contribution in [0.3, 0.4) is 0 Å². The molecule has 0 aromatic carbocycles. The van der Waals surface area contributed by atoms with E-state index in [1.54, 1.807) is 0 Å². The molecule has 0 saturated heterocycles. The van der Waals surface area contributed by atoms with Crippen molar-refractivity contribution >= 4 is 0 Å². The van der Waals surface area contributed by atoms with Crippen LogP contribution >= 0.6 is 0 Å². The quantitative estimate of drug-likeness (QED) is 0.815. The van der Waals surface area contributed by atoms with Crippen LogP contribution < -0.4 is 5.32 Å². The van der Waals surface area contributed by atoms with Crippen LogP contribution in [0.15, 0.2) is 24.4 Å². The lowest BCUT2D eigenvalue weighted by atomic mass is 10.00. The van der Waals surface area contributed by atoms with Gasteiger partial charge < -0.3 is 5.32 Å². The van der Waals surface area contributed by atoms with Gasteiger partial charge in [0.1, 0.15) is 0 Å². The number of nitrogens with one attached hydrogen (secondary N) is 1. The van der Waals surface area contributed by atoms with Gasteiger partial charge in [-0.15, -0.1) is 0 Å². The SMILES string of the molecule is CC(NCc1ccccn1)C1CCCC1. The van der Waals surface area contributed by atoms with Crippen molar-refractivity contribution < 1.29 is 0 Å². The molecule has 1 N–H and O–H groups in total. The fourth-order valence-corrected chi connectivity index (χ4v) is 2.39. The zero-order valence-electron chi connectivity index (χ0n) is 9.45. The Hall–Kier alpha value is -0.890. The van der Waals surface area contributed by atoms with Crippen LogP contribution in [0.25, 0.3) is 0 Å². The number of hydrogen-bond donors (Lipinski definition) is 1. The minimum absolute atomic E-state index is 0.634. The molecule has 0 spiro atoms. The van der Waals surface area contributed by atoms with E-state index in [4.69, 9.17) is 0 Å². The Balaban J connectivity index is 1.77. The van der Waals surface area contributed by atoms with Crippen molar-refractivity contribution in [2.45, 2.75) is 45.2 Å². The highest BCUT2D eigenvalue weighted by molar-refractivity contribution is 5.03. The minimum atomic E-state index is 0.634. The first kappa shape index (κ1) is 10.6. The van der Waals surface area contributed by atoms with Gasteiger partial charge in [0.15, 0.2) is 0 Å². The first-order valence-electron chi connectivity index (χ1n) is 5.99. The van der Waals surface area contributed by atoms with Gasteiger partial charge in [0.2, 0.25) is 0 Å². The van der Waals surface area contributed by atoms with Crippen LogP contribution in [0, 0.1) is 5.92 Å². The molecule has 82 valence electrons. The average molecular weight is 204 g/mol. The van der Waals surface area contributed by atoms with E-state index in [1.807, 2.05) is 18.3 Å². The molecule has 1 unspecified atom stereocenters. The number of rotatable bonds is 4. The van der Waals surface area contributed by atoms with E-state index in [1.165, 1.54) is 25.7 Å². The predicted octanol–water partition coefficient (Wildman–Crippen LogP) is 2.75. The number of hydrogen-bond acceptors (Lipinski definition) is 2. The van der Waals surface area contributed by atoms with Gasteiger partial charge in [0.05, 0.1) is 5.69 Å². The van der Waals surface area contributed by atoms with Gasteiger partial charge in [-0.3, -0.25) is 4.98 Å². The fourth-order valence-electron chi connectivity index (χ4n) is 2.39. The Morgan fingerprint density at radius 3 is 2.87 bits per heavy atom. The molecule has 1 aromatic heterocycles. The number of pyridine rings is 1. The van der Waals surface area contributed by atoms with E-state index in [-0.39, 0.29) is 0 Å². The molecule has 15 heavy (non-hydrogen) atoms. The Labute approximate surface area is 92.1 Å². The van der Waals surface area contributed by atoms with Crippen LogP contribution in [-0.4, -0.2) is 11.0 Å². The molecular weight excluding hydrogens is 184 g/mol. The zero-order valence-corrected chi connectivity index (χ0v) is 9.45. The Morgan fingerprint density at radius 2 is 2.20 bits per heavy atom. The van der Waals surface area contributed by atoms with Crippen LogP contribution in [0.1, 0.15) is 38.3 Å². The van der Waals surface area contributed by atoms with Crippen LogP contribution in [0.5, 0.6) is 0 Å². The van der Waals surface area contributed by atoms with Gasteiger partial charge in [-0.05, 0) is 37.8 Å². The standard InChI is InChI=1S/C13H20N2/c1-11(12-6-2-3-7-12)15-10-13-8-4-5-9-14-13/h4-5,8-9,11-12,15H,2-3,6-7,10H2,1H3. The molecule has 1 fully saturated rings. The van der Waals surface area contributed by atoms with Crippen molar-refractivity contribution in [2.24, 2.45) is 5.92 Å². The normalized spacial score (nSPS) is 19.3. The fraction of sp³-hybridized carbons (Fsp3) is 0.615. The van der Waals surface area contributed by atoms with Crippen LogP contribution in [0.4, 0.5) is 0 Å². The Bertz CT molecular complexity index is 278. The summed E-state index contributed by atoms with van der Waals surface area (Å²) in [6.45, 7) is 3.21. The lowest BCUT2D eigenvalue weighted by Crippen LogP contribution is -2.31. The highest BCUT2D eigenvalue weighted by atomic mass is 14.9. The maximum atomic E-state index is 4.31. The highest BCUT2D eigenvalue weighted by Gasteiger charge is 2.20. The third-order valence-corrected chi connectivity index (χ3v) is 3.44. The van der Waals surface area contributed by atoms with Crippen molar-refractivity contribution in [2.75, 3.05) is 0 Å². The summed E-state index contributed by atoms with van der Waals surface area (Å²) in [6.07, 6.45) is 7.49. The molecule has 2 heteroatoms. The lowest BCUT2D eigenvalue weighted by molar-refractivity contribution is 0.379. The summed E-state index contributed by atoms with van der Waals surface area (Å²) in [6, 6.07) is 6.72. The van der Waals surface area contributed by atoms with E-state index >= 15 is 0 Å². The van der Waals surface area contributed by atoms with E-state index in [9.17, 15) is 0 Å². The summed E-state index contributed by atoms with van der Waals surface area (Å²) in [5, 5.41) is 3.58. The lowest BCUT2D eigenvalue weighted by Gasteiger charge is -2.20. The molecular formula is C13H20N2. The molecule has 2 nitrogen and oxygen atoms in total. The summed E-state index contributed by atoms with van der Waals surface area (Å²) in [5.41, 5.74) is 1.14. The van der Waals surface area contributed by atoms with Gasteiger partial charge in [-0.2, -0.15) is 0 Å². The predicted molar refractivity (Wildman–Crippen MR) is 62.5 cm³/mol. The molecule has 1 atom stereocenters. The van der Waals surface area contributed by atoms with Gasteiger partial charge >= 0.3 is 0 Å². The molecule has 2 rings (SSSR count). The summed E-state index contributed by atoms with van der Waals surface area (Å²) in [7, 11) is 0. The number of nitrogens with zero attached hydrogens (tertiary/aromatic N) is 1. The van der Waals surface area contributed by atoms with E-state index in [2.05, 4.69) is 23.3 Å². The van der Waals surface area contributed by atoms with Crippen molar-refractivity contribution in [1.29, 1.82) is 0 Å². The van der Waals surface area contributed by atoms with Crippen molar-refractivity contribution in [1.82, 2.24) is 10.3 Å². The topological polar surface area (TPSA) is 24.9 Å². The molecule has 1 heterocycles. The molecule has 0 bridgehead atoms. The second-order valence-electron chi connectivity index (χ2n) is 4.54. The third-order valence-electron chi connectivity index (χ3n) is 3.44. The largest absolute Gasteiger partial charge is 0.308 e. The highest BCUT2D eigenvalue weighted by Crippen LogP contribution is 2.27. The smallest absolute Gasteiger partial charge is 0.0541 e. The molecule has 0 aliphatic heterocycles. The zero-order chi connectivity index (χ0) is 10.5. The summed E-state index contributed by atoms with van der Waals surface area (Å²) in [5.74, 6) is 0.883. The maximum Gasteiger partial charge on any atom is 0.0541 e. The second kappa shape index (κ2) is 5.26. The third kappa shape index (κ3) is 3.03. The van der Waals surface area contributed by atoms with Crippen LogP contribution in [0.2, 0.25) is 0 Å².